The van der Waals surface area contributed by atoms with E-state index in [2.05, 4.69) is 26.3 Å². The summed E-state index contributed by atoms with van der Waals surface area (Å²) in [6, 6.07) is 0.413. The van der Waals surface area contributed by atoms with Crippen LogP contribution in [0.15, 0.2) is 4.99 Å². The first kappa shape index (κ1) is 19.3. The van der Waals surface area contributed by atoms with Gasteiger partial charge in [0.05, 0.1) is 0 Å². The Hall–Kier alpha value is -1.79. The fourth-order valence-corrected chi connectivity index (χ4v) is 1.93. The van der Waals surface area contributed by atoms with Crippen molar-refractivity contribution in [3.63, 3.8) is 0 Å². The normalized spacial score (nSPS) is 15.0. The number of amides is 2. The number of carbonyl (C=O) groups excluding carboxylic acids is 2. The zero-order valence-corrected chi connectivity index (χ0v) is 14.8. The quantitative estimate of drug-likeness (QED) is 0.297. The van der Waals surface area contributed by atoms with Gasteiger partial charge < -0.3 is 21.3 Å². The predicted molar refractivity (Wildman–Crippen MR) is 92.3 cm³/mol. The molecular formula is C16H31N5O2. The first-order valence-corrected chi connectivity index (χ1v) is 8.42. The summed E-state index contributed by atoms with van der Waals surface area (Å²) in [6.07, 6.45) is 3.46. The van der Waals surface area contributed by atoms with Gasteiger partial charge in [-0.05, 0) is 47.0 Å². The molecule has 0 radical (unpaired) electrons. The second-order valence-corrected chi connectivity index (χ2v) is 6.87. The summed E-state index contributed by atoms with van der Waals surface area (Å²) in [7, 11) is 0. The van der Waals surface area contributed by atoms with Crippen LogP contribution in [-0.2, 0) is 9.59 Å². The van der Waals surface area contributed by atoms with E-state index in [0.717, 1.165) is 25.8 Å². The van der Waals surface area contributed by atoms with Crippen molar-refractivity contribution < 1.29 is 9.59 Å². The lowest BCUT2D eigenvalue weighted by Crippen LogP contribution is -2.43. The molecule has 23 heavy (non-hydrogen) atoms. The van der Waals surface area contributed by atoms with E-state index in [1.807, 2.05) is 27.7 Å². The van der Waals surface area contributed by atoms with Crippen LogP contribution in [0.25, 0.3) is 0 Å². The molecule has 0 aromatic carbocycles. The zero-order chi connectivity index (χ0) is 17.3. The Bertz CT molecular complexity index is 425. The smallest absolute Gasteiger partial charge is 0.242 e. The molecule has 0 aromatic rings. The number of guanidine groups is 1. The first-order chi connectivity index (χ1) is 10.8. The highest BCUT2D eigenvalue weighted by Crippen LogP contribution is 2.18. The average molecular weight is 325 g/mol. The van der Waals surface area contributed by atoms with E-state index in [1.165, 1.54) is 0 Å². The van der Waals surface area contributed by atoms with Gasteiger partial charge in [-0.25, -0.2) is 4.99 Å². The molecule has 1 fully saturated rings. The van der Waals surface area contributed by atoms with Gasteiger partial charge in [-0.3, -0.25) is 9.59 Å². The molecule has 1 rings (SSSR count). The van der Waals surface area contributed by atoms with Crippen LogP contribution >= 0.6 is 0 Å². The molecule has 1 aliphatic carbocycles. The molecule has 7 nitrogen and oxygen atoms in total. The molecule has 132 valence electrons. The number of nitrogens with one attached hydrogen (secondary N) is 4. The number of aliphatic imine (C=N–C) groups is 1. The Morgan fingerprint density at radius 3 is 2.39 bits per heavy atom. The van der Waals surface area contributed by atoms with E-state index in [0.29, 0.717) is 25.0 Å². The van der Waals surface area contributed by atoms with Gasteiger partial charge in [-0.2, -0.15) is 0 Å². The molecule has 0 bridgehead atoms. The van der Waals surface area contributed by atoms with Gasteiger partial charge in [0.1, 0.15) is 6.54 Å². The lowest BCUT2D eigenvalue weighted by Gasteiger charge is -2.20. The molecule has 0 heterocycles. The second-order valence-electron chi connectivity index (χ2n) is 6.87. The number of hydrogen-bond donors (Lipinski definition) is 4. The number of hydrogen-bond acceptors (Lipinski definition) is 3. The van der Waals surface area contributed by atoms with Gasteiger partial charge >= 0.3 is 0 Å². The number of carbonyl (C=O) groups is 2. The van der Waals surface area contributed by atoms with E-state index in [4.69, 9.17) is 0 Å². The molecule has 0 unspecified atom stereocenters. The average Bonchev–Trinajstić information content (AvgIpc) is 3.22. The fourth-order valence-electron chi connectivity index (χ4n) is 1.93. The van der Waals surface area contributed by atoms with Crippen LogP contribution in [0.5, 0.6) is 0 Å². The van der Waals surface area contributed by atoms with E-state index in [-0.39, 0.29) is 23.9 Å². The van der Waals surface area contributed by atoms with Crippen LogP contribution < -0.4 is 21.3 Å². The molecule has 7 heteroatoms. The number of nitrogens with zero attached hydrogens (tertiary/aromatic N) is 1. The van der Waals surface area contributed by atoms with E-state index >= 15 is 0 Å². The van der Waals surface area contributed by atoms with Gasteiger partial charge in [0.15, 0.2) is 5.96 Å². The summed E-state index contributed by atoms with van der Waals surface area (Å²) in [5, 5.41) is 12.1. The zero-order valence-electron chi connectivity index (χ0n) is 14.8. The summed E-state index contributed by atoms with van der Waals surface area (Å²) < 4.78 is 0. The molecule has 0 spiro atoms. The lowest BCUT2D eigenvalue weighted by molar-refractivity contribution is -0.122. The second kappa shape index (κ2) is 9.37. The predicted octanol–water partition coefficient (Wildman–Crippen LogP) is 0.515. The molecule has 1 saturated carbocycles. The highest BCUT2D eigenvalue weighted by atomic mass is 16.2. The van der Waals surface area contributed by atoms with Crippen molar-refractivity contribution in [1.82, 2.24) is 21.3 Å². The van der Waals surface area contributed by atoms with Gasteiger partial charge in [0, 0.05) is 31.1 Å². The Kier molecular flexibility index (Phi) is 7.85. The first-order valence-electron chi connectivity index (χ1n) is 8.42. The maximum absolute atomic E-state index is 11.8. The molecule has 4 N–H and O–H groups in total. The van der Waals surface area contributed by atoms with E-state index < -0.39 is 0 Å². The maximum atomic E-state index is 11.8. The molecular weight excluding hydrogens is 294 g/mol. The summed E-state index contributed by atoms with van der Waals surface area (Å²) in [5.74, 6) is 0.596. The third kappa shape index (κ3) is 10.5. The van der Waals surface area contributed by atoms with Crippen LogP contribution in [0.4, 0.5) is 0 Å². The SMILES string of the molecule is CCNC(=NCC(=O)NC(C)(C)C)NCCCC(=O)NC1CC1. The Morgan fingerprint density at radius 2 is 1.83 bits per heavy atom. The molecule has 0 aromatic heterocycles. The van der Waals surface area contributed by atoms with Crippen molar-refractivity contribution in [1.29, 1.82) is 0 Å². The Labute approximate surface area is 139 Å². The number of rotatable bonds is 8. The van der Waals surface area contributed by atoms with Crippen molar-refractivity contribution in [3.8, 4) is 0 Å². The third-order valence-corrected chi connectivity index (χ3v) is 3.05. The van der Waals surface area contributed by atoms with Gasteiger partial charge in [0.2, 0.25) is 11.8 Å². The summed E-state index contributed by atoms with van der Waals surface area (Å²) in [6.45, 7) is 9.21. The molecule has 0 atom stereocenters. The molecule has 0 aliphatic heterocycles. The summed E-state index contributed by atoms with van der Waals surface area (Å²) >= 11 is 0. The monoisotopic (exact) mass is 325 g/mol. The minimum absolute atomic E-state index is 0.0781. The Balaban J connectivity index is 2.25. The molecule has 2 amide bonds. The third-order valence-electron chi connectivity index (χ3n) is 3.05. The van der Waals surface area contributed by atoms with E-state index in [1.54, 1.807) is 0 Å². The lowest BCUT2D eigenvalue weighted by atomic mass is 10.1. The van der Waals surface area contributed by atoms with Gasteiger partial charge in [-0.1, -0.05) is 0 Å². The van der Waals surface area contributed by atoms with E-state index in [9.17, 15) is 9.59 Å². The van der Waals surface area contributed by atoms with Crippen LogP contribution in [0.2, 0.25) is 0 Å². The van der Waals surface area contributed by atoms with Crippen LogP contribution in [0.3, 0.4) is 0 Å². The van der Waals surface area contributed by atoms with Crippen molar-refractivity contribution in [2.24, 2.45) is 4.99 Å². The van der Waals surface area contributed by atoms with Crippen molar-refractivity contribution in [2.75, 3.05) is 19.6 Å². The minimum Gasteiger partial charge on any atom is -0.357 e. The van der Waals surface area contributed by atoms with Crippen molar-refractivity contribution in [2.45, 2.75) is 65.0 Å². The summed E-state index contributed by atoms with van der Waals surface area (Å²) in [4.78, 5) is 27.6. The van der Waals surface area contributed by atoms with Crippen molar-refractivity contribution >= 4 is 17.8 Å². The van der Waals surface area contributed by atoms with Crippen LogP contribution in [0.1, 0.15) is 53.4 Å². The molecule has 0 saturated heterocycles. The maximum Gasteiger partial charge on any atom is 0.242 e. The van der Waals surface area contributed by atoms with Crippen LogP contribution in [-0.4, -0.2) is 49.0 Å². The Morgan fingerprint density at radius 1 is 1.13 bits per heavy atom. The minimum atomic E-state index is -0.257. The topological polar surface area (TPSA) is 94.6 Å². The highest BCUT2D eigenvalue weighted by molar-refractivity contribution is 5.85. The highest BCUT2D eigenvalue weighted by Gasteiger charge is 2.22. The van der Waals surface area contributed by atoms with Gasteiger partial charge in [-0.15, -0.1) is 0 Å². The van der Waals surface area contributed by atoms with Gasteiger partial charge in [0.25, 0.3) is 0 Å². The molecule has 1 aliphatic rings. The van der Waals surface area contributed by atoms with Crippen molar-refractivity contribution in [3.05, 3.63) is 0 Å². The van der Waals surface area contributed by atoms with Crippen LogP contribution in [0, 0.1) is 0 Å². The largest absolute Gasteiger partial charge is 0.357 e. The standard InChI is InChI=1S/C16H31N5O2/c1-5-17-15(19-11-14(23)21-16(2,3)4)18-10-6-7-13(22)20-12-8-9-12/h12H,5-11H2,1-4H3,(H,20,22)(H,21,23)(H2,17,18,19). The summed E-state index contributed by atoms with van der Waals surface area (Å²) in [5.41, 5.74) is -0.257. The fraction of sp³-hybridized carbons (Fsp3) is 0.812.